The molecule has 0 aliphatic carbocycles. The van der Waals surface area contributed by atoms with E-state index in [2.05, 4.69) is 10.3 Å². The summed E-state index contributed by atoms with van der Waals surface area (Å²) in [6.45, 7) is 2.16. The van der Waals surface area contributed by atoms with Crippen LogP contribution in [0.15, 0.2) is 23.5 Å². The number of aromatic nitrogens is 1. The molecule has 1 unspecified atom stereocenters. The van der Waals surface area contributed by atoms with E-state index >= 15 is 0 Å². The summed E-state index contributed by atoms with van der Waals surface area (Å²) in [6, 6.07) is 2.44. The van der Waals surface area contributed by atoms with Gasteiger partial charge in [0.2, 0.25) is 0 Å². The Labute approximate surface area is 82.6 Å². The third-order valence-corrected chi connectivity index (χ3v) is 3.01. The summed E-state index contributed by atoms with van der Waals surface area (Å²) in [6.07, 6.45) is 6.03. The highest BCUT2D eigenvalue weighted by atomic mass is 14.9. The fraction of sp³-hybridized carbons (Fsp3) is 0.455. The van der Waals surface area contributed by atoms with E-state index in [1.54, 1.807) is 0 Å². The first-order valence-corrected chi connectivity index (χ1v) is 5.17. The maximum Gasteiger partial charge on any atom is 0.0739 e. The van der Waals surface area contributed by atoms with Crippen LogP contribution >= 0.6 is 0 Å². The molecule has 3 heterocycles. The lowest BCUT2D eigenvalue weighted by Crippen LogP contribution is -2.24. The molecule has 14 heavy (non-hydrogen) atoms. The van der Waals surface area contributed by atoms with Gasteiger partial charge in [0.25, 0.3) is 0 Å². The molecule has 0 radical (unpaired) electrons. The summed E-state index contributed by atoms with van der Waals surface area (Å²) >= 11 is 0. The van der Waals surface area contributed by atoms with Crippen LogP contribution in [0.1, 0.15) is 12.8 Å². The molecule has 0 amide bonds. The minimum Gasteiger partial charge on any atom is -0.316 e. The lowest BCUT2D eigenvalue weighted by Gasteiger charge is -2.06. The van der Waals surface area contributed by atoms with E-state index in [9.17, 15) is 0 Å². The lowest BCUT2D eigenvalue weighted by molar-refractivity contribution is 0.668. The molecule has 3 heteroatoms. The second-order valence-corrected chi connectivity index (χ2v) is 3.85. The van der Waals surface area contributed by atoms with Crippen LogP contribution in [-0.4, -0.2) is 24.1 Å². The molecule has 3 rings (SSSR count). The number of nitrogens with one attached hydrogen (secondary N) is 1. The molecular weight excluding hydrogens is 174 g/mol. The zero-order valence-electron chi connectivity index (χ0n) is 8.03. The number of pyridine rings is 1. The number of hydrogen-bond donors (Lipinski definition) is 1. The van der Waals surface area contributed by atoms with E-state index in [1.165, 1.54) is 10.8 Å². The maximum atomic E-state index is 4.72. The second-order valence-electron chi connectivity index (χ2n) is 3.85. The van der Waals surface area contributed by atoms with Gasteiger partial charge in [-0.05, 0) is 37.6 Å². The second kappa shape index (κ2) is 3.17. The molecule has 1 atom stereocenters. The first-order chi connectivity index (χ1) is 6.95. The number of rotatable bonds is 0. The summed E-state index contributed by atoms with van der Waals surface area (Å²) in [5, 5.41) is 5.82. The van der Waals surface area contributed by atoms with E-state index in [0.717, 1.165) is 31.3 Å². The van der Waals surface area contributed by atoms with Gasteiger partial charge in [-0.1, -0.05) is 0 Å². The lowest BCUT2D eigenvalue weighted by atomic mass is 10.0. The smallest absolute Gasteiger partial charge is 0.0739 e. The SMILES string of the molecule is c1cc2c(cn1)=C1CCNCCC1N=2. The quantitative estimate of drug-likeness (QED) is 0.601. The van der Waals surface area contributed by atoms with E-state index in [-0.39, 0.29) is 0 Å². The van der Waals surface area contributed by atoms with Crippen LogP contribution in [0.25, 0.3) is 5.57 Å². The van der Waals surface area contributed by atoms with Crippen molar-refractivity contribution in [1.29, 1.82) is 0 Å². The summed E-state index contributed by atoms with van der Waals surface area (Å²) in [5.74, 6) is 0. The number of fused-ring (bicyclic) bond motifs is 2. The van der Waals surface area contributed by atoms with Crippen molar-refractivity contribution in [3.63, 3.8) is 0 Å². The molecule has 0 aromatic carbocycles. The Morgan fingerprint density at radius 3 is 3.36 bits per heavy atom. The highest BCUT2D eigenvalue weighted by Gasteiger charge is 2.20. The Bertz CT molecular complexity index is 464. The van der Waals surface area contributed by atoms with Gasteiger partial charge in [0.15, 0.2) is 0 Å². The van der Waals surface area contributed by atoms with Crippen molar-refractivity contribution >= 4 is 5.57 Å². The van der Waals surface area contributed by atoms with Crippen LogP contribution in [0, 0.1) is 0 Å². The monoisotopic (exact) mass is 187 g/mol. The summed E-state index contributed by atoms with van der Waals surface area (Å²) in [5.41, 5.74) is 1.48. The summed E-state index contributed by atoms with van der Waals surface area (Å²) < 4.78 is 0. The van der Waals surface area contributed by atoms with Gasteiger partial charge in [-0.15, -0.1) is 0 Å². The van der Waals surface area contributed by atoms with Gasteiger partial charge < -0.3 is 5.32 Å². The van der Waals surface area contributed by atoms with Crippen molar-refractivity contribution in [2.24, 2.45) is 4.99 Å². The van der Waals surface area contributed by atoms with Crippen LogP contribution in [-0.2, 0) is 0 Å². The van der Waals surface area contributed by atoms with Gasteiger partial charge in [0.1, 0.15) is 0 Å². The molecular formula is C11H13N3. The molecule has 0 bridgehead atoms. The van der Waals surface area contributed by atoms with Crippen molar-refractivity contribution < 1.29 is 0 Å². The van der Waals surface area contributed by atoms with Gasteiger partial charge >= 0.3 is 0 Å². The van der Waals surface area contributed by atoms with E-state index in [0.29, 0.717) is 6.04 Å². The maximum absolute atomic E-state index is 4.72. The predicted octanol–water partition coefficient (Wildman–Crippen LogP) is -0.382. The molecule has 1 saturated heterocycles. The third-order valence-electron chi connectivity index (χ3n) is 3.01. The van der Waals surface area contributed by atoms with Gasteiger partial charge in [-0.2, -0.15) is 0 Å². The number of nitrogens with zero attached hydrogens (tertiary/aromatic N) is 2. The van der Waals surface area contributed by atoms with Gasteiger partial charge in [0, 0.05) is 17.6 Å². The molecule has 0 spiro atoms. The molecule has 1 aromatic rings. The van der Waals surface area contributed by atoms with E-state index in [4.69, 9.17) is 4.99 Å². The van der Waals surface area contributed by atoms with Gasteiger partial charge in [-0.3, -0.25) is 9.98 Å². The molecule has 2 aliphatic rings. The van der Waals surface area contributed by atoms with Crippen molar-refractivity contribution in [2.75, 3.05) is 13.1 Å². The van der Waals surface area contributed by atoms with Gasteiger partial charge in [0.05, 0.1) is 11.4 Å². The van der Waals surface area contributed by atoms with E-state index < -0.39 is 0 Å². The number of hydrogen-bond acceptors (Lipinski definition) is 3. The minimum atomic E-state index is 0.421. The normalized spacial score (nSPS) is 24.9. The molecule has 3 nitrogen and oxygen atoms in total. The summed E-state index contributed by atoms with van der Waals surface area (Å²) in [7, 11) is 0. The first kappa shape index (κ1) is 8.12. The van der Waals surface area contributed by atoms with Crippen molar-refractivity contribution in [2.45, 2.75) is 18.9 Å². The molecule has 1 N–H and O–H groups in total. The van der Waals surface area contributed by atoms with Crippen molar-refractivity contribution in [3.05, 3.63) is 29.0 Å². The fourth-order valence-electron chi connectivity index (χ4n) is 2.30. The third kappa shape index (κ3) is 1.16. The van der Waals surface area contributed by atoms with E-state index in [1.807, 2.05) is 18.5 Å². The van der Waals surface area contributed by atoms with Crippen LogP contribution in [0.5, 0.6) is 0 Å². The predicted molar refractivity (Wildman–Crippen MR) is 54.3 cm³/mol. The Hall–Kier alpha value is -1.22. The van der Waals surface area contributed by atoms with Gasteiger partial charge in [-0.25, -0.2) is 0 Å². The molecule has 1 fully saturated rings. The van der Waals surface area contributed by atoms with Crippen molar-refractivity contribution in [3.8, 4) is 0 Å². The zero-order valence-corrected chi connectivity index (χ0v) is 8.03. The average Bonchev–Trinajstić information content (AvgIpc) is 2.42. The largest absolute Gasteiger partial charge is 0.316 e. The topological polar surface area (TPSA) is 37.3 Å². The van der Waals surface area contributed by atoms with Crippen LogP contribution in [0.4, 0.5) is 0 Å². The Kier molecular flexibility index (Phi) is 1.84. The zero-order chi connectivity index (χ0) is 9.38. The van der Waals surface area contributed by atoms with Crippen molar-refractivity contribution in [1.82, 2.24) is 10.3 Å². The van der Waals surface area contributed by atoms with Crippen LogP contribution < -0.4 is 15.9 Å². The Balaban J connectivity index is 2.21. The minimum absolute atomic E-state index is 0.421. The molecule has 72 valence electrons. The highest BCUT2D eigenvalue weighted by Crippen LogP contribution is 2.17. The standard InChI is InChI=1S/C11H13N3/c1-4-12-5-2-10-8(1)9-7-13-6-3-11(9)14-10/h3,6-7,10,12H,1-2,4-5H2. The first-order valence-electron chi connectivity index (χ1n) is 5.17. The average molecular weight is 187 g/mol. The molecule has 2 aliphatic heterocycles. The van der Waals surface area contributed by atoms with Crippen LogP contribution in [0.2, 0.25) is 0 Å². The Morgan fingerprint density at radius 1 is 1.36 bits per heavy atom. The Morgan fingerprint density at radius 2 is 2.36 bits per heavy atom. The summed E-state index contributed by atoms with van der Waals surface area (Å²) in [4.78, 5) is 8.89. The molecule has 1 aromatic heterocycles. The highest BCUT2D eigenvalue weighted by molar-refractivity contribution is 5.53. The molecule has 0 saturated carbocycles. The van der Waals surface area contributed by atoms with Crippen LogP contribution in [0.3, 0.4) is 0 Å². The fourth-order valence-corrected chi connectivity index (χ4v) is 2.30.